The van der Waals surface area contributed by atoms with Crippen molar-refractivity contribution in [2.75, 3.05) is 11.9 Å². The molecule has 0 bridgehead atoms. The summed E-state index contributed by atoms with van der Waals surface area (Å²) in [5.74, 6) is 0. The molecule has 0 aliphatic carbocycles. The molecule has 0 atom stereocenters. The lowest BCUT2D eigenvalue weighted by Crippen LogP contribution is -1.97. The third-order valence-electron chi connectivity index (χ3n) is 2.30. The lowest BCUT2D eigenvalue weighted by molar-refractivity contribution is 1.20. The van der Waals surface area contributed by atoms with Crippen LogP contribution in [0.15, 0.2) is 36.8 Å². The molecule has 0 aliphatic heterocycles. The SMILES string of the molecule is CCNc1ccnc(-c2cncc(C#N)c2)c1. The topological polar surface area (TPSA) is 61.6 Å². The van der Waals surface area contributed by atoms with Crippen LogP contribution in [0, 0.1) is 11.3 Å². The molecule has 0 saturated heterocycles. The van der Waals surface area contributed by atoms with Gasteiger partial charge in [-0.25, -0.2) is 0 Å². The molecule has 2 heterocycles. The Morgan fingerprint density at radius 1 is 1.35 bits per heavy atom. The summed E-state index contributed by atoms with van der Waals surface area (Å²) in [7, 11) is 0. The predicted molar refractivity (Wildman–Crippen MR) is 66.3 cm³/mol. The summed E-state index contributed by atoms with van der Waals surface area (Å²) in [4.78, 5) is 8.30. The van der Waals surface area contributed by atoms with E-state index in [0.29, 0.717) is 5.56 Å². The first kappa shape index (κ1) is 11.1. The lowest BCUT2D eigenvalue weighted by atomic mass is 10.1. The number of anilines is 1. The van der Waals surface area contributed by atoms with Gasteiger partial charge in [0.25, 0.3) is 0 Å². The minimum absolute atomic E-state index is 0.540. The van der Waals surface area contributed by atoms with E-state index >= 15 is 0 Å². The minimum atomic E-state index is 0.540. The van der Waals surface area contributed by atoms with Crippen molar-refractivity contribution >= 4 is 5.69 Å². The van der Waals surface area contributed by atoms with E-state index in [0.717, 1.165) is 23.5 Å². The van der Waals surface area contributed by atoms with Crippen LogP contribution in [-0.4, -0.2) is 16.5 Å². The Bertz CT molecular complexity index is 557. The van der Waals surface area contributed by atoms with Crippen molar-refractivity contribution in [2.24, 2.45) is 0 Å². The van der Waals surface area contributed by atoms with Gasteiger partial charge in [-0.05, 0) is 25.1 Å². The largest absolute Gasteiger partial charge is 0.385 e. The Kier molecular flexibility index (Phi) is 3.31. The summed E-state index contributed by atoms with van der Waals surface area (Å²) in [6.07, 6.45) is 4.99. The van der Waals surface area contributed by atoms with Gasteiger partial charge in [0.2, 0.25) is 0 Å². The number of nitriles is 1. The summed E-state index contributed by atoms with van der Waals surface area (Å²) >= 11 is 0. The fourth-order valence-electron chi connectivity index (χ4n) is 1.54. The zero-order valence-electron chi connectivity index (χ0n) is 9.51. The highest BCUT2D eigenvalue weighted by Gasteiger charge is 2.02. The van der Waals surface area contributed by atoms with Crippen molar-refractivity contribution in [3.63, 3.8) is 0 Å². The van der Waals surface area contributed by atoms with Crippen LogP contribution in [0.4, 0.5) is 5.69 Å². The highest BCUT2D eigenvalue weighted by Crippen LogP contribution is 2.19. The second-order valence-corrected chi connectivity index (χ2v) is 3.53. The molecule has 2 rings (SSSR count). The zero-order chi connectivity index (χ0) is 12.1. The Hall–Kier alpha value is -2.41. The molecular formula is C13H12N4. The summed E-state index contributed by atoms with van der Waals surface area (Å²) in [6.45, 7) is 2.90. The highest BCUT2D eigenvalue weighted by atomic mass is 14.9. The fraction of sp³-hybridized carbons (Fsp3) is 0.154. The fourth-order valence-corrected chi connectivity index (χ4v) is 1.54. The quantitative estimate of drug-likeness (QED) is 0.869. The van der Waals surface area contributed by atoms with Gasteiger partial charge >= 0.3 is 0 Å². The molecular weight excluding hydrogens is 212 g/mol. The van der Waals surface area contributed by atoms with E-state index in [9.17, 15) is 0 Å². The Morgan fingerprint density at radius 3 is 3.00 bits per heavy atom. The van der Waals surface area contributed by atoms with Crippen molar-refractivity contribution < 1.29 is 0 Å². The summed E-state index contributed by atoms with van der Waals surface area (Å²) in [5.41, 5.74) is 3.22. The molecule has 0 unspecified atom stereocenters. The molecule has 0 saturated carbocycles. The molecule has 17 heavy (non-hydrogen) atoms. The third kappa shape index (κ3) is 2.58. The molecule has 0 amide bonds. The van der Waals surface area contributed by atoms with E-state index in [1.165, 1.54) is 6.20 Å². The van der Waals surface area contributed by atoms with Crippen LogP contribution in [0.3, 0.4) is 0 Å². The molecule has 0 spiro atoms. The van der Waals surface area contributed by atoms with Gasteiger partial charge in [-0.1, -0.05) is 0 Å². The molecule has 0 aliphatic rings. The van der Waals surface area contributed by atoms with Crippen molar-refractivity contribution in [1.82, 2.24) is 9.97 Å². The van der Waals surface area contributed by atoms with Gasteiger partial charge in [-0.3, -0.25) is 9.97 Å². The maximum absolute atomic E-state index is 8.83. The van der Waals surface area contributed by atoms with Crippen LogP contribution in [0.1, 0.15) is 12.5 Å². The van der Waals surface area contributed by atoms with Gasteiger partial charge in [0.05, 0.1) is 11.3 Å². The van der Waals surface area contributed by atoms with Crippen molar-refractivity contribution in [3.8, 4) is 17.3 Å². The Labute approximate surface area is 100.0 Å². The average Bonchev–Trinajstić information content (AvgIpc) is 2.40. The Balaban J connectivity index is 2.39. The molecule has 0 fully saturated rings. The van der Waals surface area contributed by atoms with E-state index in [2.05, 4.69) is 21.4 Å². The number of pyridine rings is 2. The second-order valence-electron chi connectivity index (χ2n) is 3.53. The smallest absolute Gasteiger partial charge is 0.101 e. The van der Waals surface area contributed by atoms with Gasteiger partial charge in [-0.2, -0.15) is 5.26 Å². The number of hydrogen-bond donors (Lipinski definition) is 1. The van der Waals surface area contributed by atoms with E-state index in [-0.39, 0.29) is 0 Å². The van der Waals surface area contributed by atoms with E-state index in [1.807, 2.05) is 19.1 Å². The van der Waals surface area contributed by atoms with E-state index in [1.54, 1.807) is 18.5 Å². The van der Waals surface area contributed by atoms with Gasteiger partial charge in [0, 0.05) is 36.4 Å². The third-order valence-corrected chi connectivity index (χ3v) is 2.30. The standard InChI is InChI=1S/C13H12N4/c1-2-16-12-3-4-17-13(6-12)11-5-10(7-14)8-15-9-11/h3-6,8-9H,2H2,1H3,(H,16,17). The van der Waals surface area contributed by atoms with Crippen LogP contribution >= 0.6 is 0 Å². The zero-order valence-corrected chi connectivity index (χ0v) is 9.51. The van der Waals surface area contributed by atoms with Gasteiger partial charge in [0.1, 0.15) is 6.07 Å². The average molecular weight is 224 g/mol. The number of aromatic nitrogens is 2. The maximum atomic E-state index is 8.83. The summed E-state index contributed by atoms with van der Waals surface area (Å²) in [6, 6.07) is 7.71. The number of rotatable bonds is 3. The van der Waals surface area contributed by atoms with Crippen molar-refractivity contribution in [2.45, 2.75) is 6.92 Å². The normalized spacial score (nSPS) is 9.65. The molecule has 84 valence electrons. The molecule has 2 aromatic heterocycles. The molecule has 4 nitrogen and oxygen atoms in total. The second kappa shape index (κ2) is 5.08. The van der Waals surface area contributed by atoms with Crippen molar-refractivity contribution in [1.29, 1.82) is 5.26 Å². The monoisotopic (exact) mass is 224 g/mol. The first-order chi connectivity index (χ1) is 8.33. The maximum Gasteiger partial charge on any atom is 0.101 e. The van der Waals surface area contributed by atoms with Crippen molar-refractivity contribution in [3.05, 3.63) is 42.4 Å². The lowest BCUT2D eigenvalue weighted by Gasteiger charge is -2.05. The summed E-state index contributed by atoms with van der Waals surface area (Å²) < 4.78 is 0. The van der Waals surface area contributed by atoms with Crippen LogP contribution in [0.5, 0.6) is 0 Å². The van der Waals surface area contributed by atoms with Crippen LogP contribution in [0.2, 0.25) is 0 Å². The number of nitrogens with one attached hydrogen (secondary N) is 1. The summed E-state index contributed by atoms with van der Waals surface area (Å²) in [5, 5.41) is 12.0. The highest BCUT2D eigenvalue weighted by molar-refractivity contribution is 5.64. The Morgan fingerprint density at radius 2 is 2.24 bits per heavy atom. The van der Waals surface area contributed by atoms with E-state index < -0.39 is 0 Å². The van der Waals surface area contributed by atoms with Crippen LogP contribution in [-0.2, 0) is 0 Å². The molecule has 4 heteroatoms. The predicted octanol–water partition coefficient (Wildman–Crippen LogP) is 2.45. The molecule has 0 radical (unpaired) electrons. The van der Waals surface area contributed by atoms with Crippen LogP contribution in [0.25, 0.3) is 11.3 Å². The van der Waals surface area contributed by atoms with Gasteiger partial charge in [0.15, 0.2) is 0 Å². The number of nitrogens with zero attached hydrogens (tertiary/aromatic N) is 3. The van der Waals surface area contributed by atoms with Gasteiger partial charge < -0.3 is 5.32 Å². The molecule has 1 N–H and O–H groups in total. The first-order valence-corrected chi connectivity index (χ1v) is 5.39. The number of hydrogen-bond acceptors (Lipinski definition) is 4. The molecule has 0 aromatic carbocycles. The first-order valence-electron chi connectivity index (χ1n) is 5.39. The van der Waals surface area contributed by atoms with Crippen LogP contribution < -0.4 is 5.32 Å². The molecule has 2 aromatic rings. The van der Waals surface area contributed by atoms with Gasteiger partial charge in [-0.15, -0.1) is 0 Å². The van der Waals surface area contributed by atoms with E-state index in [4.69, 9.17) is 5.26 Å². The minimum Gasteiger partial charge on any atom is -0.385 e.